The van der Waals surface area contributed by atoms with Crippen LogP contribution in [0.2, 0.25) is 5.02 Å². The summed E-state index contributed by atoms with van der Waals surface area (Å²) in [6.07, 6.45) is 10.9. The number of esters is 1. The second kappa shape index (κ2) is 13.0. The minimum atomic E-state index is -0.423. The van der Waals surface area contributed by atoms with E-state index in [0.717, 1.165) is 22.5 Å². The fourth-order valence-electron chi connectivity index (χ4n) is 5.87. The maximum Gasteiger partial charge on any atom is 0.327 e. The van der Waals surface area contributed by atoms with Gasteiger partial charge < -0.3 is 15.0 Å². The van der Waals surface area contributed by atoms with Crippen molar-refractivity contribution in [2.75, 3.05) is 18.5 Å². The van der Waals surface area contributed by atoms with Crippen molar-refractivity contribution < 1.29 is 19.1 Å². The molecule has 0 saturated carbocycles. The van der Waals surface area contributed by atoms with Crippen LogP contribution in [0, 0.1) is 5.92 Å². The number of carbonyl (C=O) groups is 3. The number of halogens is 1. The van der Waals surface area contributed by atoms with Crippen molar-refractivity contribution in [3.63, 3.8) is 0 Å². The van der Waals surface area contributed by atoms with Crippen molar-refractivity contribution in [2.24, 2.45) is 5.92 Å². The lowest BCUT2D eigenvalue weighted by molar-refractivity contribution is -0.144. The molecule has 0 radical (unpaired) electrons. The Kier molecular flexibility index (Phi) is 8.74. The Balaban J connectivity index is 1.34. The molecule has 2 amide bonds. The SMILES string of the molecule is CCOC(=O)Cn1cc2c(n1)-c1ccnc(c1)[C@@H](N1CCC(c3cc(Cl)ccc3-n3ccnn3)=CC1=O)CCC[C@@H](C)C(=O)N2. The monoisotopic (exact) mass is 628 g/mol. The van der Waals surface area contributed by atoms with Crippen LogP contribution >= 0.6 is 11.6 Å². The van der Waals surface area contributed by atoms with E-state index < -0.39 is 5.97 Å². The zero-order valence-electron chi connectivity index (χ0n) is 25.0. The predicted octanol–water partition coefficient (Wildman–Crippen LogP) is 4.86. The number of hydrogen-bond donors (Lipinski definition) is 1. The molecule has 1 aromatic carbocycles. The van der Waals surface area contributed by atoms with Gasteiger partial charge in [0.05, 0.1) is 42.1 Å². The van der Waals surface area contributed by atoms with Crippen molar-refractivity contribution in [1.29, 1.82) is 0 Å². The smallest absolute Gasteiger partial charge is 0.327 e. The standard InChI is InChI=1S/C32H33ClN8O4/c1-3-45-30(43)19-39-18-26-31(37-39)22-9-11-34-25(15-22)28(6-4-5-20(2)32(44)36-26)40-13-10-21(16-29(40)42)24-17-23(33)7-8-27(24)41-14-12-35-38-41/h7-9,11-12,14-18,20,28H,3-6,10,13,19H2,1-2H3,(H,36,44)/t20-,28+/m1/s1. The van der Waals surface area contributed by atoms with E-state index >= 15 is 0 Å². The number of benzene rings is 1. The number of ether oxygens (including phenoxy) is 1. The molecule has 2 atom stereocenters. The third-order valence-corrected chi connectivity index (χ3v) is 8.36. The van der Waals surface area contributed by atoms with Gasteiger partial charge in [-0.2, -0.15) is 5.10 Å². The zero-order chi connectivity index (χ0) is 31.5. The number of aromatic nitrogens is 6. The number of anilines is 1. The summed E-state index contributed by atoms with van der Waals surface area (Å²) in [7, 11) is 0. The molecule has 45 heavy (non-hydrogen) atoms. The first-order valence-corrected chi connectivity index (χ1v) is 15.4. The van der Waals surface area contributed by atoms with Gasteiger partial charge in [-0.1, -0.05) is 30.2 Å². The van der Waals surface area contributed by atoms with Gasteiger partial charge >= 0.3 is 5.97 Å². The molecule has 4 aromatic rings. The van der Waals surface area contributed by atoms with Gasteiger partial charge in [0, 0.05) is 47.1 Å². The van der Waals surface area contributed by atoms with Gasteiger partial charge in [-0.15, -0.1) is 5.10 Å². The van der Waals surface area contributed by atoms with Gasteiger partial charge in [-0.25, -0.2) is 4.68 Å². The number of pyridine rings is 1. The van der Waals surface area contributed by atoms with Crippen LogP contribution in [0.3, 0.4) is 0 Å². The van der Waals surface area contributed by atoms with Gasteiger partial charge in [-0.05, 0) is 62.1 Å². The summed E-state index contributed by atoms with van der Waals surface area (Å²) in [6.45, 7) is 4.27. The topological polar surface area (TPSA) is 137 Å². The van der Waals surface area contributed by atoms with Crippen LogP contribution in [0.1, 0.15) is 56.8 Å². The van der Waals surface area contributed by atoms with Gasteiger partial charge in [0.2, 0.25) is 11.8 Å². The molecule has 0 saturated heterocycles. The normalized spacial score (nSPS) is 18.7. The summed E-state index contributed by atoms with van der Waals surface area (Å²) < 4.78 is 8.21. The Bertz CT molecular complexity index is 1770. The van der Waals surface area contributed by atoms with E-state index in [1.54, 1.807) is 48.5 Å². The Morgan fingerprint density at radius 2 is 2.02 bits per heavy atom. The molecule has 0 fully saturated rings. The van der Waals surface area contributed by atoms with E-state index in [1.165, 1.54) is 4.68 Å². The molecular weight excluding hydrogens is 596 g/mol. The minimum Gasteiger partial charge on any atom is -0.465 e. The Morgan fingerprint density at radius 1 is 1.16 bits per heavy atom. The van der Waals surface area contributed by atoms with Crippen LogP contribution < -0.4 is 5.32 Å². The maximum absolute atomic E-state index is 13.8. The molecular formula is C32H33ClN8O4. The Hall–Kier alpha value is -4.84. The van der Waals surface area contributed by atoms with E-state index in [0.29, 0.717) is 54.2 Å². The average Bonchev–Trinajstić information content (AvgIpc) is 3.70. The van der Waals surface area contributed by atoms with Crippen molar-refractivity contribution >= 4 is 40.6 Å². The highest BCUT2D eigenvalue weighted by Crippen LogP contribution is 2.37. The highest BCUT2D eigenvalue weighted by molar-refractivity contribution is 6.30. The van der Waals surface area contributed by atoms with Crippen molar-refractivity contribution in [2.45, 2.75) is 52.1 Å². The number of hydrogen-bond acceptors (Lipinski definition) is 8. The molecule has 2 aliphatic rings. The molecule has 2 aliphatic heterocycles. The molecule has 12 nitrogen and oxygen atoms in total. The molecule has 2 bridgehead atoms. The van der Waals surface area contributed by atoms with E-state index in [9.17, 15) is 14.4 Å². The zero-order valence-corrected chi connectivity index (χ0v) is 25.8. The number of fused-ring (bicyclic) bond motifs is 4. The summed E-state index contributed by atoms with van der Waals surface area (Å²) in [5.41, 5.74) is 4.93. The second-order valence-corrected chi connectivity index (χ2v) is 11.6. The van der Waals surface area contributed by atoms with E-state index in [2.05, 4.69) is 20.7 Å². The molecule has 232 valence electrons. The van der Waals surface area contributed by atoms with Gasteiger partial charge in [0.1, 0.15) is 12.2 Å². The maximum atomic E-state index is 13.8. The first-order chi connectivity index (χ1) is 21.8. The van der Waals surface area contributed by atoms with Crippen LogP contribution in [0.5, 0.6) is 0 Å². The highest BCUT2D eigenvalue weighted by atomic mass is 35.5. The van der Waals surface area contributed by atoms with Gasteiger partial charge in [0.25, 0.3) is 0 Å². The Labute approximate surface area is 265 Å². The summed E-state index contributed by atoms with van der Waals surface area (Å²) in [5.74, 6) is -0.965. The molecule has 0 aliphatic carbocycles. The number of nitrogens with zero attached hydrogens (tertiary/aromatic N) is 7. The fraction of sp³-hybridized carbons (Fsp3) is 0.344. The molecule has 6 rings (SSSR count). The fourth-order valence-corrected chi connectivity index (χ4v) is 6.04. The van der Waals surface area contributed by atoms with E-state index in [-0.39, 0.29) is 36.9 Å². The quantitative estimate of drug-likeness (QED) is 0.299. The van der Waals surface area contributed by atoms with Crippen LogP contribution in [-0.4, -0.2) is 65.6 Å². The van der Waals surface area contributed by atoms with E-state index in [1.807, 2.05) is 36.1 Å². The third kappa shape index (κ3) is 6.51. The molecule has 5 heterocycles. The first kappa shape index (κ1) is 30.2. The van der Waals surface area contributed by atoms with Gasteiger partial charge in [0.15, 0.2) is 0 Å². The number of amides is 2. The van der Waals surface area contributed by atoms with Crippen LogP contribution in [0.15, 0.2) is 61.2 Å². The number of nitrogens with one attached hydrogen (secondary N) is 1. The minimum absolute atomic E-state index is 0.0883. The second-order valence-electron chi connectivity index (χ2n) is 11.2. The van der Waals surface area contributed by atoms with Crippen LogP contribution in [0.4, 0.5) is 5.69 Å². The predicted molar refractivity (Wildman–Crippen MR) is 167 cm³/mol. The summed E-state index contributed by atoms with van der Waals surface area (Å²) >= 11 is 6.37. The van der Waals surface area contributed by atoms with Gasteiger partial charge in [-0.3, -0.25) is 24.0 Å². The molecule has 0 unspecified atom stereocenters. The first-order valence-electron chi connectivity index (χ1n) is 15.0. The molecule has 1 N–H and O–H groups in total. The summed E-state index contributed by atoms with van der Waals surface area (Å²) in [5, 5.41) is 16.2. The molecule has 3 aromatic heterocycles. The molecule has 13 heteroatoms. The summed E-state index contributed by atoms with van der Waals surface area (Å²) in [6, 6.07) is 8.91. The third-order valence-electron chi connectivity index (χ3n) is 8.13. The summed E-state index contributed by atoms with van der Waals surface area (Å²) in [4.78, 5) is 45.7. The Morgan fingerprint density at radius 3 is 2.80 bits per heavy atom. The van der Waals surface area contributed by atoms with E-state index in [4.69, 9.17) is 21.3 Å². The van der Waals surface area contributed by atoms with Crippen molar-refractivity contribution in [3.05, 3.63) is 77.5 Å². The molecule has 0 spiro atoms. The van der Waals surface area contributed by atoms with Crippen molar-refractivity contribution in [1.82, 2.24) is 34.7 Å². The van der Waals surface area contributed by atoms with Crippen LogP contribution in [0.25, 0.3) is 22.5 Å². The van der Waals surface area contributed by atoms with Crippen molar-refractivity contribution in [3.8, 4) is 16.9 Å². The lowest BCUT2D eigenvalue weighted by atomic mass is 9.93. The number of rotatable bonds is 6. The lowest BCUT2D eigenvalue weighted by Crippen LogP contribution is -2.38. The highest BCUT2D eigenvalue weighted by Gasteiger charge is 2.31. The average molecular weight is 629 g/mol. The lowest BCUT2D eigenvalue weighted by Gasteiger charge is -2.34. The number of carbonyl (C=O) groups excluding carboxylic acids is 3. The van der Waals surface area contributed by atoms with Crippen LogP contribution in [-0.2, 0) is 25.7 Å². The largest absolute Gasteiger partial charge is 0.465 e.